The van der Waals surface area contributed by atoms with E-state index in [4.69, 9.17) is 18.9 Å². The molecule has 1 N–H and O–H groups in total. The van der Waals surface area contributed by atoms with Crippen LogP contribution in [0.4, 0.5) is 0 Å². The molecule has 6 heteroatoms. The first-order valence-corrected chi connectivity index (χ1v) is 11.8. The second kappa shape index (κ2) is 11.8. The molecule has 1 fully saturated rings. The van der Waals surface area contributed by atoms with Gasteiger partial charge in [-0.15, -0.1) is 0 Å². The summed E-state index contributed by atoms with van der Waals surface area (Å²) in [6.07, 6.45) is 1.07. The summed E-state index contributed by atoms with van der Waals surface area (Å²) in [7, 11) is 5.10. The van der Waals surface area contributed by atoms with Crippen LogP contribution in [0, 0.1) is 0 Å². The minimum absolute atomic E-state index is 0.0527. The van der Waals surface area contributed by atoms with E-state index in [1.807, 2.05) is 42.5 Å². The van der Waals surface area contributed by atoms with Crippen molar-refractivity contribution >= 4 is 0 Å². The van der Waals surface area contributed by atoms with E-state index in [1.54, 1.807) is 21.3 Å². The third kappa shape index (κ3) is 5.46. The molecule has 34 heavy (non-hydrogen) atoms. The molecular formula is C28H34N2O4. The summed E-state index contributed by atoms with van der Waals surface area (Å²) in [5.41, 5.74) is 3.24. The molecule has 0 radical (unpaired) electrons. The Hall–Kier alpha value is -3.22. The quantitative estimate of drug-likeness (QED) is 0.499. The van der Waals surface area contributed by atoms with Gasteiger partial charge in [-0.2, -0.15) is 0 Å². The van der Waals surface area contributed by atoms with Gasteiger partial charge in [0.25, 0.3) is 0 Å². The molecule has 0 bridgehead atoms. The van der Waals surface area contributed by atoms with Crippen molar-refractivity contribution in [3.05, 3.63) is 83.4 Å². The number of hydrogen-bond donors (Lipinski definition) is 1. The van der Waals surface area contributed by atoms with E-state index >= 15 is 0 Å². The number of methoxy groups -OCH3 is 3. The molecule has 1 atom stereocenters. The van der Waals surface area contributed by atoms with Crippen molar-refractivity contribution in [3.8, 4) is 23.0 Å². The Kier molecular flexibility index (Phi) is 8.28. The van der Waals surface area contributed by atoms with E-state index in [0.717, 1.165) is 66.5 Å². The molecular weight excluding hydrogens is 428 g/mol. The van der Waals surface area contributed by atoms with E-state index in [-0.39, 0.29) is 6.04 Å². The largest absolute Gasteiger partial charge is 0.496 e. The van der Waals surface area contributed by atoms with Crippen LogP contribution >= 0.6 is 0 Å². The Bertz CT molecular complexity index is 1030. The predicted octanol–water partition coefficient (Wildman–Crippen LogP) is 4.68. The fourth-order valence-corrected chi connectivity index (χ4v) is 4.54. The number of rotatable bonds is 9. The molecule has 0 aromatic heterocycles. The van der Waals surface area contributed by atoms with Gasteiger partial charge in [-0.05, 0) is 48.4 Å². The van der Waals surface area contributed by atoms with Gasteiger partial charge in [0.2, 0.25) is 0 Å². The smallest absolute Gasteiger partial charge is 0.161 e. The average molecular weight is 463 g/mol. The summed E-state index contributed by atoms with van der Waals surface area (Å²) >= 11 is 0. The van der Waals surface area contributed by atoms with Gasteiger partial charge in [-0.3, -0.25) is 4.90 Å². The molecule has 0 amide bonds. The third-order valence-electron chi connectivity index (χ3n) is 6.22. The summed E-state index contributed by atoms with van der Waals surface area (Å²) in [4.78, 5) is 2.49. The first kappa shape index (κ1) is 23.9. The summed E-state index contributed by atoms with van der Waals surface area (Å²) < 4.78 is 23.5. The lowest BCUT2D eigenvalue weighted by Gasteiger charge is -2.33. The molecule has 180 valence electrons. The third-order valence-corrected chi connectivity index (χ3v) is 6.22. The zero-order valence-electron chi connectivity index (χ0n) is 20.3. The Morgan fingerprint density at radius 1 is 0.765 bits per heavy atom. The molecule has 1 aliphatic rings. The molecule has 1 heterocycles. The first-order valence-electron chi connectivity index (χ1n) is 11.8. The Labute approximate surface area is 202 Å². The molecule has 0 saturated carbocycles. The van der Waals surface area contributed by atoms with Crippen molar-refractivity contribution in [3.63, 3.8) is 0 Å². The summed E-state index contributed by atoms with van der Waals surface area (Å²) in [6.45, 7) is 4.32. The summed E-state index contributed by atoms with van der Waals surface area (Å²) in [6, 6.07) is 22.2. The number of benzene rings is 3. The van der Waals surface area contributed by atoms with Gasteiger partial charge in [0.05, 0.1) is 32.9 Å². The van der Waals surface area contributed by atoms with Crippen molar-refractivity contribution in [2.24, 2.45) is 0 Å². The molecule has 4 rings (SSSR count). The van der Waals surface area contributed by atoms with Gasteiger partial charge in [0.1, 0.15) is 18.1 Å². The standard InChI is InChI=1S/C28H34N2O4/c1-31-24-11-7-12-25(32-2)27(24)28(30-17-8-15-29-16-18-30)22-13-14-23(26(19-22)33-3)34-20-21-9-5-4-6-10-21/h4-7,9-14,19,28-29H,8,15-18,20H2,1-3H3. The van der Waals surface area contributed by atoms with Gasteiger partial charge < -0.3 is 24.3 Å². The minimum Gasteiger partial charge on any atom is -0.496 e. The van der Waals surface area contributed by atoms with Crippen LogP contribution in [0.1, 0.15) is 29.2 Å². The molecule has 0 aliphatic carbocycles. The fraction of sp³-hybridized carbons (Fsp3) is 0.357. The number of hydrogen-bond acceptors (Lipinski definition) is 6. The molecule has 6 nitrogen and oxygen atoms in total. The molecule has 0 spiro atoms. The van der Waals surface area contributed by atoms with E-state index in [1.165, 1.54) is 0 Å². The Balaban J connectivity index is 1.73. The Morgan fingerprint density at radius 2 is 1.50 bits per heavy atom. The van der Waals surface area contributed by atoms with Crippen LogP contribution in [0.3, 0.4) is 0 Å². The van der Waals surface area contributed by atoms with Crippen LogP contribution < -0.4 is 24.3 Å². The van der Waals surface area contributed by atoms with Crippen LogP contribution in [-0.4, -0.2) is 52.4 Å². The van der Waals surface area contributed by atoms with E-state index < -0.39 is 0 Å². The zero-order valence-corrected chi connectivity index (χ0v) is 20.3. The number of ether oxygens (including phenoxy) is 4. The van der Waals surface area contributed by atoms with Crippen molar-refractivity contribution < 1.29 is 18.9 Å². The minimum atomic E-state index is -0.0527. The van der Waals surface area contributed by atoms with Gasteiger partial charge in [-0.1, -0.05) is 42.5 Å². The van der Waals surface area contributed by atoms with Crippen LogP contribution in [0.2, 0.25) is 0 Å². The molecule has 3 aromatic carbocycles. The lowest BCUT2D eigenvalue weighted by atomic mass is 9.94. The highest BCUT2D eigenvalue weighted by molar-refractivity contribution is 5.53. The molecule has 1 unspecified atom stereocenters. The maximum Gasteiger partial charge on any atom is 0.161 e. The van der Waals surface area contributed by atoms with Crippen LogP contribution in [0.25, 0.3) is 0 Å². The highest BCUT2D eigenvalue weighted by atomic mass is 16.5. The van der Waals surface area contributed by atoms with Crippen molar-refractivity contribution in [2.75, 3.05) is 47.5 Å². The first-order chi connectivity index (χ1) is 16.7. The second-order valence-electron chi connectivity index (χ2n) is 8.30. The SMILES string of the molecule is COc1cc(C(c2c(OC)cccc2OC)N2CCCNCC2)ccc1OCc1ccccc1. The second-order valence-corrected chi connectivity index (χ2v) is 8.30. The fourth-order valence-electron chi connectivity index (χ4n) is 4.54. The average Bonchev–Trinajstić information content (AvgIpc) is 3.18. The highest BCUT2D eigenvalue weighted by Gasteiger charge is 2.30. The molecule has 1 aliphatic heterocycles. The maximum absolute atomic E-state index is 6.11. The number of nitrogens with zero attached hydrogens (tertiary/aromatic N) is 1. The lowest BCUT2D eigenvalue weighted by Crippen LogP contribution is -2.33. The van der Waals surface area contributed by atoms with E-state index in [2.05, 4.69) is 34.5 Å². The zero-order chi connectivity index (χ0) is 23.8. The van der Waals surface area contributed by atoms with Crippen LogP contribution in [-0.2, 0) is 6.61 Å². The van der Waals surface area contributed by atoms with Gasteiger partial charge >= 0.3 is 0 Å². The van der Waals surface area contributed by atoms with Crippen molar-refractivity contribution in [2.45, 2.75) is 19.1 Å². The predicted molar refractivity (Wildman–Crippen MR) is 134 cm³/mol. The normalized spacial score (nSPS) is 15.3. The summed E-state index contributed by atoms with van der Waals surface area (Å²) in [5.74, 6) is 3.05. The number of nitrogens with one attached hydrogen (secondary N) is 1. The van der Waals surface area contributed by atoms with Crippen molar-refractivity contribution in [1.29, 1.82) is 0 Å². The van der Waals surface area contributed by atoms with Gasteiger partial charge in [0, 0.05) is 19.6 Å². The molecule has 3 aromatic rings. The Morgan fingerprint density at radius 3 is 2.21 bits per heavy atom. The monoisotopic (exact) mass is 462 g/mol. The van der Waals surface area contributed by atoms with E-state index in [0.29, 0.717) is 12.4 Å². The van der Waals surface area contributed by atoms with Crippen molar-refractivity contribution in [1.82, 2.24) is 10.2 Å². The topological polar surface area (TPSA) is 52.2 Å². The van der Waals surface area contributed by atoms with E-state index in [9.17, 15) is 0 Å². The maximum atomic E-state index is 6.11. The van der Waals surface area contributed by atoms with Gasteiger partial charge in [0.15, 0.2) is 11.5 Å². The van der Waals surface area contributed by atoms with Crippen LogP contribution in [0.5, 0.6) is 23.0 Å². The molecule has 1 saturated heterocycles. The van der Waals surface area contributed by atoms with Gasteiger partial charge in [-0.25, -0.2) is 0 Å². The summed E-state index contributed by atoms with van der Waals surface area (Å²) in [5, 5.41) is 3.51. The lowest BCUT2D eigenvalue weighted by molar-refractivity contribution is 0.230. The highest BCUT2D eigenvalue weighted by Crippen LogP contribution is 2.43. The van der Waals surface area contributed by atoms with Crippen LogP contribution in [0.15, 0.2) is 66.7 Å².